The minimum absolute atomic E-state index is 0.192. The van der Waals surface area contributed by atoms with Gasteiger partial charge in [0.2, 0.25) is 10.0 Å². The number of hydrogen-bond donors (Lipinski definition) is 1. The summed E-state index contributed by atoms with van der Waals surface area (Å²) >= 11 is 0. The Kier molecular flexibility index (Phi) is 10.4. The predicted molar refractivity (Wildman–Crippen MR) is 101 cm³/mol. The van der Waals surface area contributed by atoms with Crippen LogP contribution in [0.5, 0.6) is 0 Å². The van der Waals surface area contributed by atoms with Crippen LogP contribution in [0.3, 0.4) is 0 Å². The van der Waals surface area contributed by atoms with E-state index in [-0.39, 0.29) is 6.42 Å². The number of unbranched alkanes of at least 4 members (excludes halogenated alkanes) is 5. The van der Waals surface area contributed by atoms with Crippen molar-refractivity contribution >= 4 is 16.0 Å². The minimum atomic E-state index is -3.17. The summed E-state index contributed by atoms with van der Waals surface area (Å²) in [6.07, 6.45) is 8.59. The van der Waals surface area contributed by atoms with E-state index in [9.17, 15) is 13.2 Å². The van der Waals surface area contributed by atoms with Crippen LogP contribution in [0.15, 0.2) is 30.3 Å². The molecule has 0 unspecified atom stereocenters. The summed E-state index contributed by atoms with van der Waals surface area (Å²) in [7, 11) is -3.17. The number of benzene rings is 1. The molecule has 0 heterocycles. The molecule has 0 atom stereocenters. The Hall–Kier alpha value is -1.40. The number of hydrogen-bond acceptors (Lipinski definition) is 3. The second kappa shape index (κ2) is 12.0. The van der Waals surface area contributed by atoms with E-state index in [1.807, 2.05) is 18.2 Å². The van der Waals surface area contributed by atoms with Crippen molar-refractivity contribution in [3.05, 3.63) is 35.9 Å². The van der Waals surface area contributed by atoms with Gasteiger partial charge in [-0.15, -0.1) is 0 Å². The van der Waals surface area contributed by atoms with Crippen molar-refractivity contribution < 1.29 is 18.3 Å². The molecule has 0 aliphatic carbocycles. The fourth-order valence-electron chi connectivity index (χ4n) is 2.80. The zero-order valence-electron chi connectivity index (χ0n) is 15.2. The van der Waals surface area contributed by atoms with Crippen molar-refractivity contribution in [2.75, 3.05) is 19.3 Å². The number of rotatable bonds is 14. The highest BCUT2D eigenvalue weighted by Gasteiger charge is 2.15. The standard InChI is InChI=1S/C19H31NO4S/c1-25(23,24)20(16-10-3-2-9-15-19(21)22)17-11-5-8-14-18-12-6-4-7-13-18/h4,6-7,12-13H,2-3,5,8-11,14-17H2,1H3,(H,21,22). The summed E-state index contributed by atoms with van der Waals surface area (Å²) in [4.78, 5) is 10.4. The van der Waals surface area contributed by atoms with Gasteiger partial charge in [-0.25, -0.2) is 12.7 Å². The first kappa shape index (κ1) is 21.6. The molecule has 0 saturated carbocycles. The largest absolute Gasteiger partial charge is 0.481 e. The first-order valence-corrected chi connectivity index (χ1v) is 11.0. The summed E-state index contributed by atoms with van der Waals surface area (Å²) < 4.78 is 25.3. The van der Waals surface area contributed by atoms with Crippen molar-refractivity contribution in [2.45, 2.75) is 57.8 Å². The topological polar surface area (TPSA) is 74.7 Å². The average molecular weight is 370 g/mol. The lowest BCUT2D eigenvalue weighted by atomic mass is 10.1. The zero-order chi connectivity index (χ0) is 18.5. The Bertz CT molecular complexity index is 587. The van der Waals surface area contributed by atoms with Gasteiger partial charge in [-0.2, -0.15) is 0 Å². The highest BCUT2D eigenvalue weighted by molar-refractivity contribution is 7.88. The van der Waals surface area contributed by atoms with E-state index in [1.165, 1.54) is 11.8 Å². The number of carboxylic acid groups (broad SMARTS) is 1. The minimum Gasteiger partial charge on any atom is -0.481 e. The van der Waals surface area contributed by atoms with Gasteiger partial charge >= 0.3 is 5.97 Å². The van der Waals surface area contributed by atoms with Crippen molar-refractivity contribution in [1.29, 1.82) is 0 Å². The molecule has 0 amide bonds. The summed E-state index contributed by atoms with van der Waals surface area (Å²) in [5.74, 6) is -0.770. The van der Waals surface area contributed by atoms with Crippen molar-refractivity contribution in [2.24, 2.45) is 0 Å². The van der Waals surface area contributed by atoms with Gasteiger partial charge in [0.15, 0.2) is 0 Å². The van der Waals surface area contributed by atoms with Crippen LogP contribution in [0.1, 0.15) is 56.9 Å². The Balaban J connectivity index is 2.19. The van der Waals surface area contributed by atoms with Gasteiger partial charge in [-0.3, -0.25) is 4.79 Å². The van der Waals surface area contributed by atoms with Gasteiger partial charge in [-0.1, -0.05) is 49.6 Å². The second-order valence-electron chi connectivity index (χ2n) is 6.52. The van der Waals surface area contributed by atoms with Crippen LogP contribution in [0.25, 0.3) is 0 Å². The van der Waals surface area contributed by atoms with Crippen molar-refractivity contribution in [3.8, 4) is 0 Å². The van der Waals surface area contributed by atoms with Gasteiger partial charge in [0.1, 0.15) is 0 Å². The third-order valence-corrected chi connectivity index (χ3v) is 5.54. The number of carbonyl (C=O) groups is 1. The molecular formula is C19H31NO4S. The molecule has 1 aromatic carbocycles. The summed E-state index contributed by atoms with van der Waals surface area (Å²) in [5.41, 5.74) is 1.32. The van der Waals surface area contributed by atoms with E-state index >= 15 is 0 Å². The molecule has 142 valence electrons. The SMILES string of the molecule is CS(=O)(=O)N(CCCCCCC(=O)O)CCCCCc1ccccc1. The van der Waals surface area contributed by atoms with Crippen LogP contribution < -0.4 is 0 Å². The molecular weight excluding hydrogens is 338 g/mol. The molecule has 0 bridgehead atoms. The van der Waals surface area contributed by atoms with Crippen LogP contribution in [0.2, 0.25) is 0 Å². The fraction of sp³-hybridized carbons (Fsp3) is 0.632. The quantitative estimate of drug-likeness (QED) is 0.508. The Labute approximate surface area is 152 Å². The monoisotopic (exact) mass is 369 g/mol. The van der Waals surface area contributed by atoms with E-state index < -0.39 is 16.0 Å². The first-order valence-electron chi connectivity index (χ1n) is 9.10. The fourth-order valence-corrected chi connectivity index (χ4v) is 3.72. The molecule has 1 rings (SSSR count). The summed E-state index contributed by atoms with van der Waals surface area (Å²) in [5, 5.41) is 8.59. The van der Waals surface area contributed by atoms with Crippen LogP contribution in [-0.2, 0) is 21.2 Å². The van der Waals surface area contributed by atoms with Crippen LogP contribution in [0, 0.1) is 0 Å². The lowest BCUT2D eigenvalue weighted by molar-refractivity contribution is -0.137. The number of sulfonamides is 1. The number of aliphatic carboxylic acids is 1. The van der Waals surface area contributed by atoms with Gasteiger partial charge in [-0.05, 0) is 37.7 Å². The predicted octanol–water partition coefficient (Wildman–Crippen LogP) is 3.70. The summed E-state index contributed by atoms with van der Waals surface area (Å²) in [6, 6.07) is 10.3. The molecule has 25 heavy (non-hydrogen) atoms. The normalized spacial score (nSPS) is 11.8. The van der Waals surface area contributed by atoms with Crippen molar-refractivity contribution in [1.82, 2.24) is 4.31 Å². The third-order valence-electron chi connectivity index (χ3n) is 4.23. The van der Waals surface area contributed by atoms with Gasteiger partial charge in [0, 0.05) is 19.5 Å². The highest BCUT2D eigenvalue weighted by atomic mass is 32.2. The number of nitrogens with zero attached hydrogens (tertiary/aromatic N) is 1. The summed E-state index contributed by atoms with van der Waals surface area (Å²) in [6.45, 7) is 1.10. The van der Waals surface area contributed by atoms with E-state index in [0.717, 1.165) is 44.9 Å². The van der Waals surface area contributed by atoms with Gasteiger partial charge in [0.05, 0.1) is 6.26 Å². The number of carboxylic acids is 1. The second-order valence-corrected chi connectivity index (χ2v) is 8.50. The van der Waals surface area contributed by atoms with Crippen LogP contribution in [0.4, 0.5) is 0 Å². The van der Waals surface area contributed by atoms with Crippen LogP contribution in [-0.4, -0.2) is 43.1 Å². The smallest absolute Gasteiger partial charge is 0.303 e. The molecule has 1 aromatic rings. The lowest BCUT2D eigenvalue weighted by Gasteiger charge is -2.19. The Morgan fingerprint density at radius 2 is 1.48 bits per heavy atom. The van der Waals surface area contributed by atoms with E-state index in [1.54, 1.807) is 4.31 Å². The average Bonchev–Trinajstić information content (AvgIpc) is 2.55. The van der Waals surface area contributed by atoms with E-state index in [2.05, 4.69) is 12.1 Å². The highest BCUT2D eigenvalue weighted by Crippen LogP contribution is 2.10. The van der Waals surface area contributed by atoms with E-state index in [0.29, 0.717) is 19.5 Å². The Morgan fingerprint density at radius 3 is 2.04 bits per heavy atom. The maximum atomic E-state index is 11.9. The first-order chi connectivity index (χ1) is 11.9. The molecule has 0 spiro atoms. The molecule has 0 radical (unpaired) electrons. The maximum absolute atomic E-state index is 11.9. The molecule has 0 saturated heterocycles. The van der Waals surface area contributed by atoms with E-state index in [4.69, 9.17) is 5.11 Å². The number of aryl methyl sites for hydroxylation is 1. The molecule has 1 N–H and O–H groups in total. The molecule has 0 aromatic heterocycles. The molecule has 5 nitrogen and oxygen atoms in total. The van der Waals surface area contributed by atoms with Crippen LogP contribution >= 0.6 is 0 Å². The molecule has 0 aliphatic heterocycles. The zero-order valence-corrected chi connectivity index (χ0v) is 16.0. The molecule has 0 fully saturated rings. The third kappa shape index (κ3) is 10.9. The van der Waals surface area contributed by atoms with Gasteiger partial charge in [0.25, 0.3) is 0 Å². The van der Waals surface area contributed by atoms with Crippen molar-refractivity contribution in [3.63, 3.8) is 0 Å². The van der Waals surface area contributed by atoms with Gasteiger partial charge < -0.3 is 5.11 Å². The Morgan fingerprint density at radius 1 is 0.920 bits per heavy atom. The lowest BCUT2D eigenvalue weighted by Crippen LogP contribution is -2.32. The molecule has 6 heteroatoms. The molecule has 0 aliphatic rings. The maximum Gasteiger partial charge on any atom is 0.303 e.